The maximum Gasteiger partial charge on any atom is 0.331 e. The molecule has 5 fully saturated rings. The molecule has 248 valence electrons. The first-order valence-electron chi connectivity index (χ1n) is 17.7. The van der Waals surface area contributed by atoms with Gasteiger partial charge in [0.15, 0.2) is 11.5 Å². The first-order valence-corrected chi connectivity index (χ1v) is 17.7. The van der Waals surface area contributed by atoms with Crippen LogP contribution in [0.1, 0.15) is 118 Å². The summed E-state index contributed by atoms with van der Waals surface area (Å²) >= 11 is 0. The van der Waals surface area contributed by atoms with E-state index in [1.807, 2.05) is 19.9 Å². The second-order valence-electron chi connectivity index (χ2n) is 17.5. The average Bonchev–Trinajstić information content (AvgIpc) is 3.55. The Morgan fingerprint density at radius 1 is 1.00 bits per heavy atom. The van der Waals surface area contributed by atoms with Crippen molar-refractivity contribution >= 4 is 12.0 Å². The summed E-state index contributed by atoms with van der Waals surface area (Å²) in [5.41, 5.74) is 1.62. The number of phenols is 1. The Kier molecular flexibility index (Phi) is 7.90. The highest BCUT2D eigenvalue weighted by Gasteiger charge is 2.82. The molecule has 0 aliphatic heterocycles. The minimum Gasteiger partial charge on any atom is -0.504 e. The largest absolute Gasteiger partial charge is 0.504 e. The number of allylic oxidation sites excluding steroid dienone is 1. The number of fused-ring (bicyclic) bond motifs is 2. The first-order chi connectivity index (χ1) is 21.0. The molecule has 0 saturated heterocycles. The summed E-state index contributed by atoms with van der Waals surface area (Å²) < 4.78 is 11.4. The van der Waals surface area contributed by atoms with Crippen molar-refractivity contribution in [3.63, 3.8) is 0 Å². The van der Waals surface area contributed by atoms with Crippen LogP contribution in [0.3, 0.4) is 0 Å². The summed E-state index contributed by atoms with van der Waals surface area (Å²) in [5, 5.41) is 20.1. The number of methoxy groups -OCH3 is 1. The molecule has 5 nitrogen and oxygen atoms in total. The third kappa shape index (κ3) is 5.00. The predicted molar refractivity (Wildman–Crippen MR) is 180 cm³/mol. The maximum atomic E-state index is 13.1. The summed E-state index contributed by atoms with van der Waals surface area (Å²) in [6, 6.07) is 5.06. The van der Waals surface area contributed by atoms with Crippen LogP contribution in [0.5, 0.6) is 11.5 Å². The minimum absolute atomic E-state index is 0.0564. The van der Waals surface area contributed by atoms with Gasteiger partial charge in [-0.2, -0.15) is 0 Å². The lowest BCUT2D eigenvalue weighted by Gasteiger charge is -2.63. The smallest absolute Gasteiger partial charge is 0.331 e. The van der Waals surface area contributed by atoms with Crippen LogP contribution in [0, 0.1) is 50.7 Å². The van der Waals surface area contributed by atoms with E-state index in [0.717, 1.165) is 30.2 Å². The van der Waals surface area contributed by atoms with E-state index >= 15 is 0 Å². The highest BCUT2D eigenvalue weighted by Crippen LogP contribution is 2.89. The number of carbonyl (C=O) groups is 1. The van der Waals surface area contributed by atoms with Gasteiger partial charge < -0.3 is 19.7 Å². The molecule has 0 aromatic heterocycles. The van der Waals surface area contributed by atoms with Crippen LogP contribution in [-0.2, 0) is 9.53 Å². The van der Waals surface area contributed by atoms with Gasteiger partial charge in [0.25, 0.3) is 0 Å². The molecular formula is C40H58O5. The standard InChI is InChI=1S/C40H58O5/c1-26(10-9-19-35(2,3)43)28-17-20-38(7)32-15-14-31-36(4,5)33(18-21-39(31)25-40(32,39)23-22-37(28,38)6)45-34(42)16-12-27-11-13-29(41)30(24-27)44-8/h9,11-13,16,19,24,26,28,31-33,41,43H,10,14-15,17-18,20-23,25H2,1-8H3/t26-,28-,31+,32+,33+,37-,38+,39-,40+/m1/s1. The molecule has 0 amide bonds. The number of benzene rings is 1. The normalized spacial score (nSPS) is 40.7. The summed E-state index contributed by atoms with van der Waals surface area (Å²) in [4.78, 5) is 13.1. The molecule has 0 bridgehead atoms. The van der Waals surface area contributed by atoms with Crippen LogP contribution in [-0.4, -0.2) is 35.0 Å². The van der Waals surface area contributed by atoms with Crippen molar-refractivity contribution in [1.29, 1.82) is 0 Å². The fourth-order valence-corrected chi connectivity index (χ4v) is 12.4. The van der Waals surface area contributed by atoms with Gasteiger partial charge in [0, 0.05) is 11.5 Å². The lowest BCUT2D eigenvalue weighted by atomic mass is 9.41. The van der Waals surface area contributed by atoms with Gasteiger partial charge >= 0.3 is 5.97 Å². The van der Waals surface area contributed by atoms with Gasteiger partial charge in [-0.05, 0) is 147 Å². The molecule has 0 radical (unpaired) electrons. The molecule has 1 aromatic carbocycles. The Balaban J connectivity index is 1.15. The highest BCUT2D eigenvalue weighted by atomic mass is 16.5. The number of carbonyl (C=O) groups excluding carboxylic acids is 1. The minimum atomic E-state index is -0.742. The van der Waals surface area contributed by atoms with E-state index in [0.29, 0.717) is 39.2 Å². The van der Waals surface area contributed by atoms with Crippen molar-refractivity contribution in [2.24, 2.45) is 50.7 Å². The molecule has 2 spiro atoms. The Morgan fingerprint density at radius 2 is 1.71 bits per heavy atom. The lowest BCUT2D eigenvalue weighted by molar-refractivity contribution is -0.179. The fraction of sp³-hybridized carbons (Fsp3) is 0.725. The van der Waals surface area contributed by atoms with E-state index in [1.165, 1.54) is 64.6 Å². The van der Waals surface area contributed by atoms with Crippen LogP contribution >= 0.6 is 0 Å². The van der Waals surface area contributed by atoms with Crippen LogP contribution < -0.4 is 4.74 Å². The van der Waals surface area contributed by atoms with E-state index in [4.69, 9.17) is 9.47 Å². The predicted octanol–water partition coefficient (Wildman–Crippen LogP) is 9.12. The van der Waals surface area contributed by atoms with Crippen molar-refractivity contribution in [2.45, 2.75) is 124 Å². The molecule has 45 heavy (non-hydrogen) atoms. The van der Waals surface area contributed by atoms with Gasteiger partial charge in [-0.15, -0.1) is 0 Å². The zero-order valence-electron chi connectivity index (χ0n) is 29.1. The zero-order valence-corrected chi connectivity index (χ0v) is 29.1. The highest BCUT2D eigenvalue weighted by molar-refractivity contribution is 5.87. The summed E-state index contributed by atoms with van der Waals surface area (Å²) in [6.07, 6.45) is 19.9. The number of esters is 1. The molecule has 9 atom stereocenters. The average molecular weight is 619 g/mol. The SMILES string of the molecule is COc1cc(C=CC(=O)O[C@H]2CC[C@]34C[C@]35CC[C@]3(C)[C@@H]([C@H](C)CC=CC(C)(C)O)CC[C@@]3(C)[C@@H]5CC[C@H]4C2(C)C)ccc1O. The van der Waals surface area contributed by atoms with E-state index in [9.17, 15) is 15.0 Å². The number of aromatic hydroxyl groups is 1. The van der Waals surface area contributed by atoms with Crippen molar-refractivity contribution in [1.82, 2.24) is 0 Å². The third-order valence-electron chi connectivity index (χ3n) is 14.7. The number of phenolic OH excluding ortho intramolecular Hbond substituents is 1. The van der Waals surface area contributed by atoms with Gasteiger partial charge in [0.2, 0.25) is 0 Å². The number of hydrogen-bond acceptors (Lipinski definition) is 5. The molecule has 5 saturated carbocycles. The quantitative estimate of drug-likeness (QED) is 0.173. The molecule has 5 heteroatoms. The van der Waals surface area contributed by atoms with Crippen LogP contribution in [0.4, 0.5) is 0 Å². The van der Waals surface area contributed by atoms with E-state index in [-0.39, 0.29) is 23.2 Å². The Labute approximate surface area is 271 Å². The Bertz CT molecular complexity index is 1370. The van der Waals surface area contributed by atoms with Crippen LogP contribution in [0.2, 0.25) is 0 Å². The van der Waals surface area contributed by atoms with Crippen molar-refractivity contribution in [3.05, 3.63) is 42.0 Å². The van der Waals surface area contributed by atoms with Crippen LogP contribution in [0.15, 0.2) is 36.4 Å². The number of ether oxygens (including phenoxy) is 2. The van der Waals surface area contributed by atoms with E-state index in [2.05, 4.69) is 40.7 Å². The lowest BCUT2D eigenvalue weighted by Crippen LogP contribution is -2.58. The van der Waals surface area contributed by atoms with Gasteiger partial charge in [0.1, 0.15) is 6.10 Å². The number of rotatable bonds is 8. The topological polar surface area (TPSA) is 76.0 Å². The van der Waals surface area contributed by atoms with Crippen LogP contribution in [0.25, 0.3) is 6.08 Å². The zero-order chi connectivity index (χ0) is 32.6. The van der Waals surface area contributed by atoms with Gasteiger partial charge in [-0.25, -0.2) is 4.79 Å². The van der Waals surface area contributed by atoms with Gasteiger partial charge in [0.05, 0.1) is 12.7 Å². The summed E-state index contributed by atoms with van der Waals surface area (Å²) in [7, 11) is 1.52. The Morgan fingerprint density at radius 3 is 2.42 bits per heavy atom. The monoisotopic (exact) mass is 618 g/mol. The molecule has 0 unspecified atom stereocenters. The molecule has 0 heterocycles. The van der Waals surface area contributed by atoms with Gasteiger partial charge in [-0.3, -0.25) is 0 Å². The number of aliphatic hydroxyl groups is 1. The molecular weight excluding hydrogens is 560 g/mol. The third-order valence-corrected chi connectivity index (χ3v) is 14.7. The maximum absolute atomic E-state index is 13.1. The first kappa shape index (κ1) is 32.7. The summed E-state index contributed by atoms with van der Waals surface area (Å²) in [6.45, 7) is 16.3. The molecule has 2 N–H and O–H groups in total. The van der Waals surface area contributed by atoms with E-state index in [1.54, 1.807) is 24.3 Å². The number of hydrogen-bond donors (Lipinski definition) is 2. The van der Waals surface area contributed by atoms with Crippen molar-refractivity contribution in [3.8, 4) is 11.5 Å². The second kappa shape index (κ2) is 10.9. The second-order valence-corrected chi connectivity index (χ2v) is 17.5. The van der Waals surface area contributed by atoms with Crippen molar-refractivity contribution < 1.29 is 24.5 Å². The molecule has 6 rings (SSSR count). The van der Waals surface area contributed by atoms with Gasteiger partial charge in [-0.1, -0.05) is 52.8 Å². The summed E-state index contributed by atoms with van der Waals surface area (Å²) in [5.74, 6) is 2.93. The van der Waals surface area contributed by atoms with Crippen molar-refractivity contribution in [2.75, 3.05) is 7.11 Å². The molecule has 5 aliphatic rings. The molecule has 1 aromatic rings. The van der Waals surface area contributed by atoms with E-state index < -0.39 is 5.60 Å². The molecule has 5 aliphatic carbocycles. The fourth-order valence-electron chi connectivity index (χ4n) is 12.4. The Hall–Kier alpha value is -2.27.